The Balaban J connectivity index is 2.50. The highest BCUT2D eigenvalue weighted by Gasteiger charge is 2.20. The van der Waals surface area contributed by atoms with E-state index in [0.29, 0.717) is 6.61 Å². The SMILES string of the molecule is CCOC(=O)C=CC1C=CC(O)C(=O)C1. The van der Waals surface area contributed by atoms with E-state index in [0.717, 1.165) is 0 Å². The molecule has 0 aliphatic heterocycles. The van der Waals surface area contributed by atoms with E-state index in [1.165, 1.54) is 12.2 Å². The molecule has 0 saturated heterocycles. The number of Topliss-reactive ketones (excluding diaryl/α,β-unsaturated/α-hetero) is 1. The Labute approximate surface area is 88.2 Å². The van der Waals surface area contributed by atoms with Crippen molar-refractivity contribution in [3.05, 3.63) is 24.3 Å². The number of carbonyl (C=O) groups is 2. The number of hydrogen-bond donors (Lipinski definition) is 1. The van der Waals surface area contributed by atoms with Gasteiger partial charge in [-0.2, -0.15) is 0 Å². The maximum absolute atomic E-state index is 11.1. The summed E-state index contributed by atoms with van der Waals surface area (Å²) in [6.45, 7) is 2.06. The first-order valence-corrected chi connectivity index (χ1v) is 4.87. The number of allylic oxidation sites excluding steroid dienone is 2. The van der Waals surface area contributed by atoms with Gasteiger partial charge in [-0.05, 0) is 6.92 Å². The van der Waals surface area contributed by atoms with Crippen LogP contribution in [0.5, 0.6) is 0 Å². The molecule has 0 spiro atoms. The molecule has 1 aliphatic rings. The normalized spacial score (nSPS) is 25.9. The van der Waals surface area contributed by atoms with Gasteiger partial charge in [0.2, 0.25) is 0 Å². The molecular weight excluding hydrogens is 196 g/mol. The molecule has 4 heteroatoms. The van der Waals surface area contributed by atoms with Crippen LogP contribution in [0.1, 0.15) is 13.3 Å². The lowest BCUT2D eigenvalue weighted by molar-refractivity contribution is -0.137. The molecule has 1 N–H and O–H groups in total. The van der Waals surface area contributed by atoms with E-state index in [2.05, 4.69) is 0 Å². The standard InChI is InChI=1S/C11H14O4/c1-2-15-11(14)6-4-8-3-5-9(12)10(13)7-8/h3-6,8-9,12H,2,7H2,1H3. The molecule has 0 radical (unpaired) electrons. The van der Waals surface area contributed by atoms with E-state index < -0.39 is 12.1 Å². The van der Waals surface area contributed by atoms with Crippen molar-refractivity contribution in [1.82, 2.24) is 0 Å². The average molecular weight is 210 g/mol. The Morgan fingerprint density at radius 2 is 2.40 bits per heavy atom. The van der Waals surface area contributed by atoms with Crippen LogP contribution < -0.4 is 0 Å². The van der Waals surface area contributed by atoms with E-state index >= 15 is 0 Å². The molecule has 0 aromatic rings. The molecule has 0 amide bonds. The number of ether oxygens (including phenoxy) is 1. The van der Waals surface area contributed by atoms with E-state index in [1.807, 2.05) is 0 Å². The van der Waals surface area contributed by atoms with Crippen LogP contribution in [-0.2, 0) is 14.3 Å². The van der Waals surface area contributed by atoms with Crippen LogP contribution in [0.2, 0.25) is 0 Å². The van der Waals surface area contributed by atoms with Gasteiger partial charge in [0.1, 0.15) is 6.10 Å². The average Bonchev–Trinajstić information content (AvgIpc) is 2.20. The van der Waals surface area contributed by atoms with E-state index in [-0.39, 0.29) is 18.1 Å². The number of aliphatic hydroxyl groups is 1. The second kappa shape index (κ2) is 5.46. The van der Waals surface area contributed by atoms with Crippen molar-refractivity contribution in [3.63, 3.8) is 0 Å². The maximum atomic E-state index is 11.1. The molecule has 2 atom stereocenters. The molecule has 0 aromatic carbocycles. The maximum Gasteiger partial charge on any atom is 0.330 e. The number of esters is 1. The van der Waals surface area contributed by atoms with Crippen molar-refractivity contribution in [2.45, 2.75) is 19.4 Å². The number of hydrogen-bond acceptors (Lipinski definition) is 4. The van der Waals surface area contributed by atoms with Crippen LogP contribution in [0, 0.1) is 5.92 Å². The highest BCUT2D eigenvalue weighted by Crippen LogP contribution is 2.15. The third-order valence-corrected chi connectivity index (χ3v) is 2.07. The van der Waals surface area contributed by atoms with Crippen LogP contribution in [0.3, 0.4) is 0 Å². The number of aliphatic hydroxyl groups excluding tert-OH is 1. The fourth-order valence-electron chi connectivity index (χ4n) is 1.30. The first kappa shape index (κ1) is 11.7. The predicted octanol–water partition coefficient (Wildman–Crippen LogP) is 0.612. The first-order valence-electron chi connectivity index (χ1n) is 4.87. The summed E-state index contributed by atoms with van der Waals surface area (Å²) in [5.41, 5.74) is 0. The molecule has 0 heterocycles. The van der Waals surface area contributed by atoms with E-state index in [4.69, 9.17) is 9.84 Å². The van der Waals surface area contributed by atoms with E-state index in [1.54, 1.807) is 19.1 Å². The lowest BCUT2D eigenvalue weighted by Crippen LogP contribution is -2.23. The lowest BCUT2D eigenvalue weighted by atomic mass is 9.93. The topological polar surface area (TPSA) is 63.6 Å². The van der Waals surface area contributed by atoms with Crippen molar-refractivity contribution in [2.24, 2.45) is 5.92 Å². The summed E-state index contributed by atoms with van der Waals surface area (Å²) in [5, 5.41) is 9.11. The minimum Gasteiger partial charge on any atom is -0.463 e. The van der Waals surface area contributed by atoms with Crippen LogP contribution in [0.4, 0.5) is 0 Å². The summed E-state index contributed by atoms with van der Waals surface area (Å²) >= 11 is 0. The third-order valence-electron chi connectivity index (χ3n) is 2.07. The predicted molar refractivity (Wildman–Crippen MR) is 54.0 cm³/mol. The zero-order chi connectivity index (χ0) is 11.3. The molecule has 1 rings (SSSR count). The van der Waals surface area contributed by atoms with Gasteiger partial charge in [0.25, 0.3) is 0 Å². The van der Waals surface area contributed by atoms with Crippen molar-refractivity contribution < 1.29 is 19.4 Å². The molecule has 0 bridgehead atoms. The molecule has 82 valence electrons. The Bertz CT molecular complexity index is 304. The van der Waals surface area contributed by atoms with E-state index in [9.17, 15) is 9.59 Å². The molecule has 15 heavy (non-hydrogen) atoms. The van der Waals surface area contributed by atoms with Crippen molar-refractivity contribution >= 4 is 11.8 Å². The zero-order valence-electron chi connectivity index (χ0n) is 8.55. The smallest absolute Gasteiger partial charge is 0.330 e. The number of rotatable bonds is 3. The van der Waals surface area contributed by atoms with Crippen molar-refractivity contribution in [2.75, 3.05) is 6.61 Å². The Morgan fingerprint density at radius 3 is 3.00 bits per heavy atom. The Hall–Kier alpha value is -1.42. The summed E-state index contributed by atoms with van der Waals surface area (Å²) in [6.07, 6.45) is 5.31. The van der Waals surface area contributed by atoms with Gasteiger partial charge in [-0.3, -0.25) is 4.79 Å². The highest BCUT2D eigenvalue weighted by molar-refractivity contribution is 5.87. The zero-order valence-corrected chi connectivity index (χ0v) is 8.55. The third kappa shape index (κ3) is 3.67. The fourth-order valence-corrected chi connectivity index (χ4v) is 1.30. The molecular formula is C11H14O4. The van der Waals surface area contributed by atoms with Crippen LogP contribution in [0.25, 0.3) is 0 Å². The van der Waals surface area contributed by atoms with Gasteiger partial charge in [-0.25, -0.2) is 4.79 Å². The second-order valence-corrected chi connectivity index (χ2v) is 3.28. The van der Waals surface area contributed by atoms with Gasteiger partial charge in [0.15, 0.2) is 5.78 Å². The van der Waals surface area contributed by atoms with Crippen LogP contribution in [-0.4, -0.2) is 29.6 Å². The minimum atomic E-state index is -0.989. The van der Waals surface area contributed by atoms with Gasteiger partial charge in [-0.15, -0.1) is 0 Å². The molecule has 1 aliphatic carbocycles. The van der Waals surface area contributed by atoms with Crippen molar-refractivity contribution in [3.8, 4) is 0 Å². The number of carbonyl (C=O) groups excluding carboxylic acids is 2. The monoisotopic (exact) mass is 210 g/mol. The Morgan fingerprint density at radius 1 is 1.67 bits per heavy atom. The van der Waals surface area contributed by atoms with Gasteiger partial charge in [-0.1, -0.05) is 18.2 Å². The number of ketones is 1. The molecule has 0 fully saturated rings. The summed E-state index contributed by atoms with van der Waals surface area (Å²) < 4.78 is 4.70. The minimum absolute atomic E-state index is 0.120. The Kier molecular flexibility index (Phi) is 4.24. The second-order valence-electron chi connectivity index (χ2n) is 3.28. The summed E-state index contributed by atoms with van der Waals surface area (Å²) in [7, 11) is 0. The highest BCUT2D eigenvalue weighted by atomic mass is 16.5. The lowest BCUT2D eigenvalue weighted by Gasteiger charge is -2.14. The van der Waals surface area contributed by atoms with Gasteiger partial charge < -0.3 is 9.84 Å². The summed E-state index contributed by atoms with van der Waals surface area (Å²) in [4.78, 5) is 22.1. The molecule has 0 aromatic heterocycles. The first-order chi connectivity index (χ1) is 7.13. The van der Waals surface area contributed by atoms with Gasteiger partial charge in [0, 0.05) is 18.4 Å². The molecule has 2 unspecified atom stereocenters. The van der Waals surface area contributed by atoms with Crippen LogP contribution in [0.15, 0.2) is 24.3 Å². The quantitative estimate of drug-likeness (QED) is 0.421. The van der Waals surface area contributed by atoms with Crippen molar-refractivity contribution in [1.29, 1.82) is 0 Å². The summed E-state index contributed by atoms with van der Waals surface area (Å²) in [5.74, 6) is -0.759. The largest absolute Gasteiger partial charge is 0.463 e. The molecule has 4 nitrogen and oxygen atoms in total. The van der Waals surface area contributed by atoms with Gasteiger partial charge in [0.05, 0.1) is 6.61 Å². The van der Waals surface area contributed by atoms with Gasteiger partial charge >= 0.3 is 5.97 Å². The molecule has 0 saturated carbocycles. The fraction of sp³-hybridized carbons (Fsp3) is 0.455. The summed E-state index contributed by atoms with van der Waals surface area (Å²) in [6, 6.07) is 0. The van der Waals surface area contributed by atoms with Crippen LogP contribution >= 0.6 is 0 Å².